The van der Waals surface area contributed by atoms with Crippen molar-refractivity contribution in [1.29, 1.82) is 0 Å². The number of esters is 1. The van der Waals surface area contributed by atoms with Gasteiger partial charge in [-0.2, -0.15) is 0 Å². The van der Waals surface area contributed by atoms with Gasteiger partial charge in [-0.15, -0.1) is 0 Å². The zero-order chi connectivity index (χ0) is 17.5. The maximum Gasteiger partial charge on any atom is 0.338 e. The van der Waals surface area contributed by atoms with E-state index in [0.29, 0.717) is 23.6 Å². The summed E-state index contributed by atoms with van der Waals surface area (Å²) in [6, 6.07) is 9.95. The van der Waals surface area contributed by atoms with Crippen LogP contribution in [0.5, 0.6) is 5.75 Å². The Balaban J connectivity index is 2.25. The lowest BCUT2D eigenvalue weighted by Crippen LogP contribution is -2.14. The van der Waals surface area contributed by atoms with Crippen LogP contribution in [0.1, 0.15) is 34.6 Å². The summed E-state index contributed by atoms with van der Waals surface area (Å²) in [5.41, 5.74) is 0.898. The summed E-state index contributed by atoms with van der Waals surface area (Å²) >= 11 is 0. The average Bonchev–Trinajstić information content (AvgIpc) is 2.56. The molecule has 0 heterocycles. The Morgan fingerprint density at radius 2 is 1.83 bits per heavy atom. The van der Waals surface area contributed by atoms with E-state index in [2.05, 4.69) is 5.32 Å². The molecule has 0 bridgehead atoms. The second-order valence-electron chi connectivity index (χ2n) is 4.83. The Labute approximate surface area is 139 Å². The number of hydrogen-bond donors (Lipinski definition) is 1. The third-order valence-corrected chi connectivity index (χ3v) is 3.13. The second-order valence-corrected chi connectivity index (χ2v) is 4.83. The first-order valence-electron chi connectivity index (χ1n) is 7.56. The van der Waals surface area contributed by atoms with Crippen molar-refractivity contribution in [2.24, 2.45) is 0 Å². The maximum atomic E-state index is 13.2. The van der Waals surface area contributed by atoms with Gasteiger partial charge in [0.1, 0.15) is 11.6 Å². The molecule has 0 aliphatic heterocycles. The highest BCUT2D eigenvalue weighted by Crippen LogP contribution is 2.27. The lowest BCUT2D eigenvalue weighted by molar-refractivity contribution is 0.0526. The van der Waals surface area contributed by atoms with Crippen molar-refractivity contribution >= 4 is 17.6 Å². The standard InChI is InChI=1S/C18H18FNO4/c1-3-23-16-11-13(18(22)24-4-2)8-9-15(16)20-17(21)12-6-5-7-14(19)10-12/h5-11H,3-4H2,1-2H3,(H,20,21). The van der Waals surface area contributed by atoms with Crippen LogP contribution in [0.25, 0.3) is 0 Å². The molecule has 2 aromatic rings. The van der Waals surface area contributed by atoms with Crippen LogP contribution in [0.15, 0.2) is 42.5 Å². The van der Waals surface area contributed by atoms with Crippen molar-refractivity contribution in [1.82, 2.24) is 0 Å². The van der Waals surface area contributed by atoms with Gasteiger partial charge in [-0.3, -0.25) is 4.79 Å². The summed E-state index contributed by atoms with van der Waals surface area (Å²) < 4.78 is 23.6. The van der Waals surface area contributed by atoms with Crippen molar-refractivity contribution < 1.29 is 23.5 Å². The smallest absolute Gasteiger partial charge is 0.338 e. The Morgan fingerprint density at radius 3 is 2.50 bits per heavy atom. The van der Waals surface area contributed by atoms with Gasteiger partial charge in [0, 0.05) is 5.56 Å². The molecule has 126 valence electrons. The molecule has 0 spiro atoms. The molecule has 2 aromatic carbocycles. The quantitative estimate of drug-likeness (QED) is 0.821. The van der Waals surface area contributed by atoms with E-state index in [4.69, 9.17) is 9.47 Å². The molecular formula is C18H18FNO4. The summed E-state index contributed by atoms with van der Waals surface area (Å²) in [6.45, 7) is 4.13. The fraction of sp³-hybridized carbons (Fsp3) is 0.222. The number of benzene rings is 2. The number of anilines is 1. The minimum absolute atomic E-state index is 0.187. The van der Waals surface area contributed by atoms with E-state index in [9.17, 15) is 14.0 Å². The first-order valence-corrected chi connectivity index (χ1v) is 7.56. The van der Waals surface area contributed by atoms with E-state index in [0.717, 1.165) is 6.07 Å². The van der Waals surface area contributed by atoms with Crippen molar-refractivity contribution in [3.05, 3.63) is 59.4 Å². The molecule has 5 nitrogen and oxygen atoms in total. The van der Waals surface area contributed by atoms with Crippen LogP contribution in [0, 0.1) is 5.82 Å². The first kappa shape index (κ1) is 17.5. The molecular weight excluding hydrogens is 313 g/mol. The number of amides is 1. The summed E-state index contributed by atoms with van der Waals surface area (Å²) in [5, 5.41) is 2.65. The molecule has 1 amide bonds. The molecule has 0 aromatic heterocycles. The summed E-state index contributed by atoms with van der Waals surface area (Å²) in [6.07, 6.45) is 0. The molecule has 1 N–H and O–H groups in total. The SMILES string of the molecule is CCOC(=O)c1ccc(NC(=O)c2cccc(F)c2)c(OCC)c1. The normalized spacial score (nSPS) is 10.1. The van der Waals surface area contributed by atoms with Crippen LogP contribution in [-0.2, 0) is 4.74 Å². The molecule has 0 unspecified atom stereocenters. The Hall–Kier alpha value is -2.89. The molecule has 0 saturated heterocycles. The van der Waals surface area contributed by atoms with Gasteiger partial charge in [0.25, 0.3) is 5.91 Å². The van der Waals surface area contributed by atoms with E-state index >= 15 is 0 Å². The van der Waals surface area contributed by atoms with Gasteiger partial charge < -0.3 is 14.8 Å². The van der Waals surface area contributed by atoms with Gasteiger partial charge >= 0.3 is 5.97 Å². The number of halogens is 1. The Kier molecular flexibility index (Phi) is 5.89. The topological polar surface area (TPSA) is 64.6 Å². The predicted molar refractivity (Wildman–Crippen MR) is 87.9 cm³/mol. The third kappa shape index (κ3) is 4.32. The largest absolute Gasteiger partial charge is 0.492 e. The van der Waals surface area contributed by atoms with Crippen LogP contribution < -0.4 is 10.1 Å². The number of rotatable bonds is 6. The average molecular weight is 331 g/mol. The zero-order valence-electron chi connectivity index (χ0n) is 13.5. The van der Waals surface area contributed by atoms with E-state index in [1.54, 1.807) is 19.9 Å². The van der Waals surface area contributed by atoms with Crippen LogP contribution in [0.3, 0.4) is 0 Å². The van der Waals surface area contributed by atoms with Gasteiger partial charge in [-0.05, 0) is 50.2 Å². The first-order chi connectivity index (χ1) is 11.5. The van der Waals surface area contributed by atoms with Gasteiger partial charge in [0.15, 0.2) is 0 Å². The van der Waals surface area contributed by atoms with Crippen LogP contribution >= 0.6 is 0 Å². The lowest BCUT2D eigenvalue weighted by atomic mass is 10.1. The minimum Gasteiger partial charge on any atom is -0.492 e. The van der Waals surface area contributed by atoms with E-state index in [1.807, 2.05) is 0 Å². The van der Waals surface area contributed by atoms with Gasteiger partial charge in [0.05, 0.1) is 24.5 Å². The van der Waals surface area contributed by atoms with E-state index < -0.39 is 17.7 Å². The van der Waals surface area contributed by atoms with E-state index in [-0.39, 0.29) is 12.2 Å². The number of hydrogen-bond acceptors (Lipinski definition) is 4. The van der Waals surface area contributed by atoms with Crippen molar-refractivity contribution in [2.75, 3.05) is 18.5 Å². The van der Waals surface area contributed by atoms with Crippen molar-refractivity contribution in [2.45, 2.75) is 13.8 Å². The zero-order valence-corrected chi connectivity index (χ0v) is 13.5. The fourth-order valence-corrected chi connectivity index (χ4v) is 2.07. The van der Waals surface area contributed by atoms with E-state index in [1.165, 1.54) is 30.3 Å². The van der Waals surface area contributed by atoms with Gasteiger partial charge in [0.2, 0.25) is 0 Å². The second kappa shape index (κ2) is 8.10. The molecule has 0 aliphatic carbocycles. The maximum absolute atomic E-state index is 13.2. The van der Waals surface area contributed by atoms with Crippen molar-refractivity contribution in [3.63, 3.8) is 0 Å². The van der Waals surface area contributed by atoms with Gasteiger partial charge in [-0.1, -0.05) is 6.07 Å². The minimum atomic E-state index is -0.495. The summed E-state index contributed by atoms with van der Waals surface area (Å²) in [7, 11) is 0. The van der Waals surface area contributed by atoms with Crippen molar-refractivity contribution in [3.8, 4) is 5.75 Å². The lowest BCUT2D eigenvalue weighted by Gasteiger charge is -2.13. The Morgan fingerprint density at radius 1 is 1.04 bits per heavy atom. The summed E-state index contributed by atoms with van der Waals surface area (Å²) in [4.78, 5) is 24.0. The molecule has 0 saturated carbocycles. The molecule has 2 rings (SSSR count). The highest BCUT2D eigenvalue weighted by molar-refractivity contribution is 6.05. The third-order valence-electron chi connectivity index (χ3n) is 3.13. The predicted octanol–water partition coefficient (Wildman–Crippen LogP) is 3.65. The molecule has 0 radical (unpaired) electrons. The molecule has 24 heavy (non-hydrogen) atoms. The molecule has 0 atom stereocenters. The van der Waals surface area contributed by atoms with Crippen LogP contribution in [0.4, 0.5) is 10.1 Å². The van der Waals surface area contributed by atoms with Crippen LogP contribution in [0.2, 0.25) is 0 Å². The Bertz CT molecular complexity index is 746. The molecule has 6 heteroatoms. The monoisotopic (exact) mass is 331 g/mol. The van der Waals surface area contributed by atoms with Gasteiger partial charge in [-0.25, -0.2) is 9.18 Å². The van der Waals surface area contributed by atoms with Crippen LogP contribution in [-0.4, -0.2) is 25.1 Å². The number of carbonyl (C=O) groups excluding carboxylic acids is 2. The summed E-state index contributed by atoms with van der Waals surface area (Å²) in [5.74, 6) is -1.10. The highest BCUT2D eigenvalue weighted by Gasteiger charge is 2.14. The fourth-order valence-electron chi connectivity index (χ4n) is 2.07. The molecule has 0 aliphatic rings. The number of ether oxygens (including phenoxy) is 2. The number of nitrogens with one attached hydrogen (secondary N) is 1. The highest BCUT2D eigenvalue weighted by atomic mass is 19.1. The number of carbonyl (C=O) groups is 2. The molecule has 0 fully saturated rings.